The van der Waals surface area contributed by atoms with Gasteiger partial charge in [0.2, 0.25) is 0 Å². The molecular formula is C14H19N3S. The Morgan fingerprint density at radius 2 is 2.17 bits per heavy atom. The molecule has 2 rings (SSSR count). The zero-order valence-corrected chi connectivity index (χ0v) is 11.9. The van der Waals surface area contributed by atoms with Gasteiger partial charge >= 0.3 is 0 Å². The Morgan fingerprint density at radius 1 is 1.33 bits per heavy atom. The van der Waals surface area contributed by atoms with Crippen LogP contribution in [0.2, 0.25) is 0 Å². The van der Waals surface area contributed by atoms with Crippen LogP contribution in [0.15, 0.2) is 24.5 Å². The molecule has 0 saturated heterocycles. The summed E-state index contributed by atoms with van der Waals surface area (Å²) in [6.07, 6.45) is 5.71. The summed E-state index contributed by atoms with van der Waals surface area (Å²) < 4.78 is 0. The molecule has 0 aliphatic carbocycles. The summed E-state index contributed by atoms with van der Waals surface area (Å²) in [5.74, 6) is 0. The summed E-state index contributed by atoms with van der Waals surface area (Å²) in [4.78, 5) is 10.1. The minimum Gasteiger partial charge on any atom is -0.316 e. The van der Waals surface area contributed by atoms with Crippen LogP contribution in [0.1, 0.15) is 21.1 Å². The maximum absolute atomic E-state index is 4.60. The van der Waals surface area contributed by atoms with E-state index in [1.54, 1.807) is 11.3 Å². The molecule has 96 valence electrons. The van der Waals surface area contributed by atoms with Crippen molar-refractivity contribution in [2.45, 2.75) is 32.7 Å². The van der Waals surface area contributed by atoms with E-state index in [-0.39, 0.29) is 0 Å². The third kappa shape index (κ3) is 3.37. The monoisotopic (exact) mass is 261 g/mol. The summed E-state index contributed by atoms with van der Waals surface area (Å²) in [6.45, 7) is 4.21. The topological polar surface area (TPSA) is 37.8 Å². The van der Waals surface area contributed by atoms with E-state index in [1.165, 1.54) is 15.4 Å². The molecule has 2 heterocycles. The highest BCUT2D eigenvalue weighted by Gasteiger charge is 2.12. The number of aryl methyl sites for hydroxylation is 2. The molecular weight excluding hydrogens is 242 g/mol. The van der Waals surface area contributed by atoms with Gasteiger partial charge in [0, 0.05) is 29.7 Å². The lowest BCUT2D eigenvalue weighted by molar-refractivity contribution is 0.554. The van der Waals surface area contributed by atoms with Gasteiger partial charge in [-0.05, 0) is 38.9 Å². The second-order valence-electron chi connectivity index (χ2n) is 4.50. The van der Waals surface area contributed by atoms with Gasteiger partial charge in [0.1, 0.15) is 0 Å². The van der Waals surface area contributed by atoms with E-state index < -0.39 is 0 Å². The number of pyridine rings is 1. The fourth-order valence-corrected chi connectivity index (χ4v) is 2.93. The smallest absolute Gasteiger partial charge is 0.0946 e. The van der Waals surface area contributed by atoms with E-state index in [4.69, 9.17) is 0 Å². The van der Waals surface area contributed by atoms with Gasteiger partial charge in [-0.25, -0.2) is 4.98 Å². The first-order valence-corrected chi connectivity index (χ1v) is 6.99. The molecule has 1 N–H and O–H groups in total. The second-order valence-corrected chi connectivity index (χ2v) is 5.79. The molecule has 2 aromatic heterocycles. The molecule has 0 amide bonds. The molecule has 1 atom stereocenters. The van der Waals surface area contributed by atoms with Crippen LogP contribution in [0.3, 0.4) is 0 Å². The Bertz CT molecular complexity index is 473. The summed E-state index contributed by atoms with van der Waals surface area (Å²) in [5, 5.41) is 4.58. The van der Waals surface area contributed by atoms with E-state index in [9.17, 15) is 0 Å². The summed E-state index contributed by atoms with van der Waals surface area (Å²) in [5.41, 5.74) is 2.42. The van der Waals surface area contributed by atoms with Crippen molar-refractivity contribution in [2.24, 2.45) is 0 Å². The van der Waals surface area contributed by atoms with Crippen molar-refractivity contribution in [3.8, 4) is 0 Å². The minimum atomic E-state index is 0.416. The number of nitrogens with one attached hydrogen (secondary N) is 1. The lowest BCUT2D eigenvalue weighted by atomic mass is 10.1. The van der Waals surface area contributed by atoms with Crippen molar-refractivity contribution < 1.29 is 0 Å². The predicted octanol–water partition coefficient (Wildman–Crippen LogP) is 2.53. The molecule has 3 nitrogen and oxygen atoms in total. The third-order valence-corrected chi connectivity index (χ3v) is 4.20. The first-order chi connectivity index (χ1) is 8.69. The highest BCUT2D eigenvalue weighted by atomic mass is 32.1. The first kappa shape index (κ1) is 13.2. The zero-order valence-electron chi connectivity index (χ0n) is 11.1. The van der Waals surface area contributed by atoms with E-state index >= 15 is 0 Å². The molecule has 4 heteroatoms. The fourth-order valence-electron chi connectivity index (χ4n) is 1.92. The van der Waals surface area contributed by atoms with Crippen molar-refractivity contribution in [2.75, 3.05) is 7.05 Å². The van der Waals surface area contributed by atoms with Gasteiger partial charge in [-0.15, -0.1) is 11.3 Å². The van der Waals surface area contributed by atoms with E-state index in [0.717, 1.165) is 18.5 Å². The van der Waals surface area contributed by atoms with Gasteiger partial charge in [-0.2, -0.15) is 0 Å². The molecule has 0 aliphatic rings. The normalized spacial score (nSPS) is 12.6. The highest BCUT2D eigenvalue weighted by molar-refractivity contribution is 7.11. The van der Waals surface area contributed by atoms with Crippen molar-refractivity contribution >= 4 is 11.3 Å². The molecule has 18 heavy (non-hydrogen) atoms. The van der Waals surface area contributed by atoms with Crippen molar-refractivity contribution in [3.63, 3.8) is 0 Å². The van der Waals surface area contributed by atoms with Crippen molar-refractivity contribution in [3.05, 3.63) is 45.7 Å². The number of nitrogens with zero attached hydrogens (tertiary/aromatic N) is 2. The predicted molar refractivity (Wildman–Crippen MR) is 76.1 cm³/mol. The number of likely N-dealkylation sites (N-methyl/N-ethyl adjacent to an activating group) is 1. The first-order valence-electron chi connectivity index (χ1n) is 6.18. The van der Waals surface area contributed by atoms with Crippen LogP contribution in [0.25, 0.3) is 0 Å². The Balaban J connectivity index is 2.01. The van der Waals surface area contributed by atoms with Crippen molar-refractivity contribution in [1.29, 1.82) is 0 Å². The quantitative estimate of drug-likeness (QED) is 0.898. The number of hydrogen-bond donors (Lipinski definition) is 1. The Morgan fingerprint density at radius 3 is 2.72 bits per heavy atom. The van der Waals surface area contributed by atoms with Gasteiger partial charge in [-0.1, -0.05) is 6.07 Å². The number of rotatable bonds is 5. The maximum atomic E-state index is 4.60. The molecule has 0 saturated carbocycles. The molecule has 0 radical (unpaired) electrons. The summed E-state index contributed by atoms with van der Waals surface area (Å²) in [6, 6.07) is 4.52. The standard InChI is InChI=1S/C14H19N3S/c1-10-11(2)18-14(17-10)8-13(15-3)7-12-5-4-6-16-9-12/h4-6,9,13,15H,7-8H2,1-3H3. The van der Waals surface area contributed by atoms with Crippen LogP contribution in [0.4, 0.5) is 0 Å². The zero-order chi connectivity index (χ0) is 13.0. The van der Waals surface area contributed by atoms with E-state index in [2.05, 4.69) is 35.2 Å². The largest absolute Gasteiger partial charge is 0.316 e. The SMILES string of the molecule is CNC(Cc1cccnc1)Cc1nc(C)c(C)s1. The third-order valence-electron chi connectivity index (χ3n) is 3.11. The van der Waals surface area contributed by atoms with E-state index in [1.807, 2.05) is 25.5 Å². The summed E-state index contributed by atoms with van der Waals surface area (Å²) >= 11 is 1.80. The van der Waals surface area contributed by atoms with Gasteiger partial charge < -0.3 is 5.32 Å². The lowest BCUT2D eigenvalue weighted by Gasteiger charge is -2.14. The molecule has 0 fully saturated rings. The Kier molecular flexibility index (Phi) is 4.44. The van der Waals surface area contributed by atoms with Crippen LogP contribution >= 0.6 is 11.3 Å². The molecule has 1 unspecified atom stereocenters. The molecule has 0 spiro atoms. The van der Waals surface area contributed by atoms with Crippen LogP contribution in [0, 0.1) is 13.8 Å². The Hall–Kier alpha value is -1.26. The highest BCUT2D eigenvalue weighted by Crippen LogP contribution is 2.18. The average Bonchev–Trinajstić information content (AvgIpc) is 2.69. The van der Waals surface area contributed by atoms with Crippen LogP contribution in [0.5, 0.6) is 0 Å². The minimum absolute atomic E-state index is 0.416. The summed E-state index contributed by atoms with van der Waals surface area (Å²) in [7, 11) is 2.01. The van der Waals surface area contributed by atoms with Crippen LogP contribution in [-0.2, 0) is 12.8 Å². The molecule has 0 bridgehead atoms. The lowest BCUT2D eigenvalue weighted by Crippen LogP contribution is -2.29. The molecule has 2 aromatic rings. The fraction of sp³-hybridized carbons (Fsp3) is 0.429. The molecule has 0 aromatic carbocycles. The second kappa shape index (κ2) is 6.07. The number of hydrogen-bond acceptors (Lipinski definition) is 4. The van der Waals surface area contributed by atoms with Crippen LogP contribution < -0.4 is 5.32 Å². The molecule has 0 aliphatic heterocycles. The van der Waals surface area contributed by atoms with Gasteiger partial charge in [0.05, 0.1) is 10.7 Å². The average molecular weight is 261 g/mol. The number of thiazole rings is 1. The van der Waals surface area contributed by atoms with Crippen LogP contribution in [-0.4, -0.2) is 23.1 Å². The maximum Gasteiger partial charge on any atom is 0.0946 e. The van der Waals surface area contributed by atoms with Gasteiger partial charge in [0.25, 0.3) is 0 Å². The Labute approximate surface area is 112 Å². The number of aromatic nitrogens is 2. The van der Waals surface area contributed by atoms with Gasteiger partial charge in [-0.3, -0.25) is 4.98 Å². The van der Waals surface area contributed by atoms with Gasteiger partial charge in [0.15, 0.2) is 0 Å². The van der Waals surface area contributed by atoms with E-state index in [0.29, 0.717) is 6.04 Å². The van der Waals surface area contributed by atoms with Crippen molar-refractivity contribution in [1.82, 2.24) is 15.3 Å².